The second-order valence-corrected chi connectivity index (χ2v) is 6.25. The van der Waals surface area contributed by atoms with Gasteiger partial charge in [0, 0.05) is 37.2 Å². The lowest BCUT2D eigenvalue weighted by molar-refractivity contribution is -0.136. The number of imidazole rings is 1. The summed E-state index contributed by atoms with van der Waals surface area (Å²) in [5.74, 6) is -0.745. The normalized spacial score (nSPS) is 10.3. The highest BCUT2D eigenvalue weighted by Crippen LogP contribution is 2.13. The third-order valence-corrected chi connectivity index (χ3v) is 4.25. The van der Waals surface area contributed by atoms with Crippen LogP contribution in [0.5, 0.6) is 5.75 Å². The molecule has 29 heavy (non-hydrogen) atoms. The molecule has 0 spiro atoms. The maximum absolute atomic E-state index is 12.4. The zero-order valence-electron chi connectivity index (χ0n) is 16.0. The van der Waals surface area contributed by atoms with Gasteiger partial charge in [-0.25, -0.2) is 4.98 Å². The van der Waals surface area contributed by atoms with Gasteiger partial charge in [-0.05, 0) is 42.0 Å². The van der Waals surface area contributed by atoms with Crippen LogP contribution >= 0.6 is 0 Å². The number of hydrogen-bond donors (Lipinski definition) is 2. The first-order valence-electron chi connectivity index (χ1n) is 8.82. The summed E-state index contributed by atoms with van der Waals surface area (Å²) in [5, 5.41) is 5.06. The summed E-state index contributed by atoms with van der Waals surface area (Å²) in [6.07, 6.45) is 3.23. The highest BCUT2D eigenvalue weighted by molar-refractivity contribution is 6.39. The Morgan fingerprint density at radius 2 is 1.69 bits per heavy atom. The van der Waals surface area contributed by atoms with E-state index < -0.39 is 11.8 Å². The van der Waals surface area contributed by atoms with E-state index in [9.17, 15) is 14.4 Å². The van der Waals surface area contributed by atoms with Gasteiger partial charge in [0.05, 0.1) is 7.11 Å². The molecule has 0 aliphatic rings. The Morgan fingerprint density at radius 3 is 2.28 bits per heavy atom. The molecule has 8 heteroatoms. The molecule has 0 fully saturated rings. The van der Waals surface area contributed by atoms with E-state index in [2.05, 4.69) is 15.6 Å². The molecule has 8 nitrogen and oxygen atoms in total. The number of aromatic nitrogens is 2. The monoisotopic (exact) mass is 392 g/mol. The van der Waals surface area contributed by atoms with Crippen molar-refractivity contribution >= 4 is 23.3 Å². The Bertz CT molecular complexity index is 1020. The number of nitrogens with one attached hydrogen (secondary N) is 2. The number of nitrogens with zero attached hydrogens (tertiary/aromatic N) is 2. The van der Waals surface area contributed by atoms with Gasteiger partial charge in [-0.3, -0.25) is 14.4 Å². The molecule has 2 N–H and O–H groups in total. The lowest BCUT2D eigenvalue weighted by atomic mass is 10.1. The maximum Gasteiger partial charge on any atom is 0.313 e. The number of rotatable bonds is 6. The minimum Gasteiger partial charge on any atom is -0.497 e. The van der Waals surface area contributed by atoms with Gasteiger partial charge < -0.3 is 19.9 Å². The van der Waals surface area contributed by atoms with Crippen LogP contribution in [0.3, 0.4) is 0 Å². The molecule has 0 aliphatic heterocycles. The van der Waals surface area contributed by atoms with E-state index in [4.69, 9.17) is 4.74 Å². The van der Waals surface area contributed by atoms with Gasteiger partial charge in [0.15, 0.2) is 5.82 Å². The molecule has 2 aromatic carbocycles. The number of ether oxygens (including phenoxy) is 1. The van der Waals surface area contributed by atoms with Crippen molar-refractivity contribution in [3.63, 3.8) is 0 Å². The van der Waals surface area contributed by atoms with Crippen LogP contribution in [0.15, 0.2) is 60.9 Å². The van der Waals surface area contributed by atoms with Crippen LogP contribution < -0.4 is 15.4 Å². The minimum atomic E-state index is -0.790. The van der Waals surface area contributed by atoms with Crippen molar-refractivity contribution in [1.29, 1.82) is 0 Å². The van der Waals surface area contributed by atoms with Crippen molar-refractivity contribution in [2.24, 2.45) is 7.05 Å². The zero-order valence-corrected chi connectivity index (χ0v) is 16.0. The lowest BCUT2D eigenvalue weighted by Gasteiger charge is -2.08. The lowest BCUT2D eigenvalue weighted by Crippen LogP contribution is -2.34. The molecule has 0 radical (unpaired) electrons. The van der Waals surface area contributed by atoms with Gasteiger partial charge >= 0.3 is 11.8 Å². The Balaban J connectivity index is 1.55. The molecule has 148 valence electrons. The third kappa shape index (κ3) is 4.86. The second kappa shape index (κ2) is 8.83. The van der Waals surface area contributed by atoms with Crippen molar-refractivity contribution in [2.75, 3.05) is 12.4 Å². The SMILES string of the molecule is COc1ccc(CNC(=O)C(=O)Nc2ccc(C(=O)c3nccn3C)cc2)cc1. The minimum absolute atomic E-state index is 0.216. The van der Waals surface area contributed by atoms with E-state index in [0.717, 1.165) is 5.56 Å². The highest BCUT2D eigenvalue weighted by Gasteiger charge is 2.16. The van der Waals surface area contributed by atoms with Gasteiger partial charge in [0.25, 0.3) is 0 Å². The molecule has 3 aromatic rings. The quantitative estimate of drug-likeness (QED) is 0.493. The molecule has 1 heterocycles. The molecular weight excluding hydrogens is 372 g/mol. The first-order chi connectivity index (χ1) is 14.0. The number of aryl methyl sites for hydroxylation is 1. The first-order valence-corrected chi connectivity index (χ1v) is 8.82. The standard InChI is InChI=1S/C21H20N4O4/c1-25-12-11-22-19(25)18(26)15-5-7-16(8-6-15)24-21(28)20(27)23-13-14-3-9-17(29-2)10-4-14/h3-12H,13H2,1-2H3,(H,23,27)(H,24,28). The van der Waals surface area contributed by atoms with Gasteiger partial charge in [-0.15, -0.1) is 0 Å². The number of anilines is 1. The Morgan fingerprint density at radius 1 is 1.00 bits per heavy atom. The first kappa shape index (κ1) is 19.8. The molecule has 0 saturated heterocycles. The number of benzene rings is 2. The van der Waals surface area contributed by atoms with E-state index in [1.54, 1.807) is 79.6 Å². The summed E-state index contributed by atoms with van der Waals surface area (Å²) >= 11 is 0. The van der Waals surface area contributed by atoms with Crippen molar-refractivity contribution in [2.45, 2.75) is 6.54 Å². The van der Waals surface area contributed by atoms with Crippen LogP contribution in [0, 0.1) is 0 Å². The van der Waals surface area contributed by atoms with E-state index in [1.165, 1.54) is 0 Å². The molecule has 0 unspecified atom stereocenters. The third-order valence-electron chi connectivity index (χ3n) is 4.25. The number of hydrogen-bond acceptors (Lipinski definition) is 5. The van der Waals surface area contributed by atoms with E-state index >= 15 is 0 Å². The summed E-state index contributed by atoms with van der Waals surface area (Å²) in [5.41, 5.74) is 1.68. The van der Waals surface area contributed by atoms with E-state index in [1.807, 2.05) is 0 Å². The van der Waals surface area contributed by atoms with E-state index in [-0.39, 0.29) is 12.3 Å². The van der Waals surface area contributed by atoms with Gasteiger partial charge in [0.2, 0.25) is 5.78 Å². The summed E-state index contributed by atoms with van der Waals surface area (Å²) in [4.78, 5) is 40.5. The average Bonchev–Trinajstić information content (AvgIpc) is 3.18. The molecule has 0 aliphatic carbocycles. The zero-order chi connectivity index (χ0) is 20.8. The fraction of sp³-hybridized carbons (Fsp3) is 0.143. The van der Waals surface area contributed by atoms with Crippen LogP contribution in [0.25, 0.3) is 0 Å². The molecule has 0 atom stereocenters. The average molecular weight is 392 g/mol. The van der Waals surface area contributed by atoms with Crippen molar-refractivity contribution < 1.29 is 19.1 Å². The van der Waals surface area contributed by atoms with Crippen LogP contribution in [0.1, 0.15) is 21.7 Å². The number of methoxy groups -OCH3 is 1. The number of carbonyl (C=O) groups is 3. The van der Waals surface area contributed by atoms with E-state index in [0.29, 0.717) is 22.8 Å². The number of ketones is 1. The van der Waals surface area contributed by atoms with Crippen LogP contribution in [0.4, 0.5) is 5.69 Å². The van der Waals surface area contributed by atoms with Crippen LogP contribution in [-0.2, 0) is 23.2 Å². The molecule has 2 amide bonds. The molecule has 3 rings (SSSR count). The van der Waals surface area contributed by atoms with Gasteiger partial charge in [0.1, 0.15) is 5.75 Å². The predicted octanol–water partition coefficient (Wildman–Crippen LogP) is 1.91. The Labute approximate surface area is 167 Å². The fourth-order valence-electron chi connectivity index (χ4n) is 2.61. The molecular formula is C21H20N4O4. The maximum atomic E-state index is 12.4. The van der Waals surface area contributed by atoms with Gasteiger partial charge in [-0.1, -0.05) is 12.1 Å². The topological polar surface area (TPSA) is 102 Å². The summed E-state index contributed by atoms with van der Waals surface area (Å²) in [6, 6.07) is 13.4. The second-order valence-electron chi connectivity index (χ2n) is 6.25. The Hall–Kier alpha value is -3.94. The van der Waals surface area contributed by atoms with Crippen LogP contribution in [0.2, 0.25) is 0 Å². The summed E-state index contributed by atoms with van der Waals surface area (Å²) in [7, 11) is 3.31. The number of amides is 2. The number of carbonyl (C=O) groups excluding carboxylic acids is 3. The van der Waals surface area contributed by atoms with Crippen molar-refractivity contribution in [3.8, 4) is 5.75 Å². The Kier molecular flexibility index (Phi) is 6.03. The fourth-order valence-corrected chi connectivity index (χ4v) is 2.61. The summed E-state index contributed by atoms with van der Waals surface area (Å²) < 4.78 is 6.70. The molecule has 1 aromatic heterocycles. The highest BCUT2D eigenvalue weighted by atomic mass is 16.5. The summed E-state index contributed by atoms with van der Waals surface area (Å²) in [6.45, 7) is 0.216. The molecule has 0 bridgehead atoms. The van der Waals surface area contributed by atoms with Crippen molar-refractivity contribution in [3.05, 3.63) is 77.9 Å². The van der Waals surface area contributed by atoms with Crippen LogP contribution in [-0.4, -0.2) is 34.3 Å². The largest absolute Gasteiger partial charge is 0.497 e. The van der Waals surface area contributed by atoms with Crippen molar-refractivity contribution in [1.82, 2.24) is 14.9 Å². The smallest absolute Gasteiger partial charge is 0.313 e. The van der Waals surface area contributed by atoms with Gasteiger partial charge in [-0.2, -0.15) is 0 Å². The molecule has 0 saturated carbocycles. The predicted molar refractivity (Wildman–Crippen MR) is 107 cm³/mol.